The summed E-state index contributed by atoms with van der Waals surface area (Å²) in [6.07, 6.45) is 8.13. The van der Waals surface area contributed by atoms with Crippen LogP contribution < -0.4 is 10.5 Å². The van der Waals surface area contributed by atoms with Crippen molar-refractivity contribution in [3.05, 3.63) is 22.7 Å². The van der Waals surface area contributed by atoms with Crippen molar-refractivity contribution in [3.63, 3.8) is 0 Å². The standard InChI is InChI=1S/C14H20BrN3O/c1-10(15)11-4-7-17(8-5-11)13-14(19)18(9-6-16-13)12-2-3-12/h6,9-12H,2-5,7-8H2,1H3. The van der Waals surface area contributed by atoms with Crippen molar-refractivity contribution in [1.29, 1.82) is 0 Å². The van der Waals surface area contributed by atoms with Crippen molar-refractivity contribution in [2.45, 2.75) is 43.5 Å². The normalized spacial score (nSPS) is 22.5. The molecule has 0 amide bonds. The van der Waals surface area contributed by atoms with Gasteiger partial charge < -0.3 is 9.47 Å². The number of halogens is 1. The molecule has 1 atom stereocenters. The van der Waals surface area contributed by atoms with E-state index in [0.717, 1.165) is 38.8 Å². The molecule has 1 unspecified atom stereocenters. The first-order valence-corrected chi connectivity index (χ1v) is 8.04. The van der Waals surface area contributed by atoms with Gasteiger partial charge in [0.05, 0.1) is 0 Å². The van der Waals surface area contributed by atoms with Gasteiger partial charge in [-0.15, -0.1) is 0 Å². The lowest BCUT2D eigenvalue weighted by Gasteiger charge is -2.33. The maximum Gasteiger partial charge on any atom is 0.293 e. The Labute approximate surface area is 122 Å². The van der Waals surface area contributed by atoms with Crippen LogP contribution >= 0.6 is 15.9 Å². The number of nitrogens with zero attached hydrogens (tertiary/aromatic N) is 3. The SMILES string of the molecule is CC(Br)C1CCN(c2nccn(C3CC3)c2=O)CC1. The van der Waals surface area contributed by atoms with Gasteiger partial charge in [-0.05, 0) is 31.6 Å². The van der Waals surface area contributed by atoms with E-state index in [1.807, 2.05) is 10.8 Å². The van der Waals surface area contributed by atoms with Crippen LogP contribution in [0.1, 0.15) is 38.6 Å². The van der Waals surface area contributed by atoms with Gasteiger partial charge >= 0.3 is 0 Å². The van der Waals surface area contributed by atoms with Gasteiger partial charge in [-0.3, -0.25) is 4.79 Å². The molecule has 0 N–H and O–H groups in total. The van der Waals surface area contributed by atoms with E-state index in [0.29, 0.717) is 22.6 Å². The molecule has 0 bridgehead atoms. The van der Waals surface area contributed by atoms with Crippen LogP contribution in [0.25, 0.3) is 0 Å². The molecule has 2 heterocycles. The third kappa shape index (κ3) is 2.71. The summed E-state index contributed by atoms with van der Waals surface area (Å²) in [5.41, 5.74) is 0.0929. The molecule has 0 aromatic carbocycles. The van der Waals surface area contributed by atoms with E-state index in [4.69, 9.17) is 0 Å². The fourth-order valence-electron chi connectivity index (χ4n) is 2.84. The fourth-order valence-corrected chi connectivity index (χ4v) is 3.37. The predicted octanol–water partition coefficient (Wildman–Crippen LogP) is 2.58. The molecular formula is C14H20BrN3O. The van der Waals surface area contributed by atoms with E-state index in [2.05, 4.69) is 32.7 Å². The molecule has 1 aliphatic heterocycles. The van der Waals surface area contributed by atoms with Crippen molar-refractivity contribution in [2.75, 3.05) is 18.0 Å². The Morgan fingerprint density at radius 1 is 1.32 bits per heavy atom. The van der Waals surface area contributed by atoms with Gasteiger partial charge in [0.25, 0.3) is 5.56 Å². The molecule has 5 heteroatoms. The maximum atomic E-state index is 12.4. The van der Waals surface area contributed by atoms with Crippen LogP contribution in [0.5, 0.6) is 0 Å². The van der Waals surface area contributed by atoms with Crippen LogP contribution in [-0.4, -0.2) is 27.5 Å². The molecule has 3 rings (SSSR count). The van der Waals surface area contributed by atoms with Crippen LogP contribution in [0, 0.1) is 5.92 Å². The zero-order chi connectivity index (χ0) is 13.4. The molecule has 4 nitrogen and oxygen atoms in total. The Balaban J connectivity index is 1.76. The molecule has 1 saturated carbocycles. The predicted molar refractivity (Wildman–Crippen MR) is 80.1 cm³/mol. The third-order valence-electron chi connectivity index (χ3n) is 4.28. The second-order valence-electron chi connectivity index (χ2n) is 5.70. The smallest absolute Gasteiger partial charge is 0.293 e. The topological polar surface area (TPSA) is 38.1 Å². The van der Waals surface area contributed by atoms with E-state index in [1.165, 1.54) is 0 Å². The summed E-state index contributed by atoms with van der Waals surface area (Å²) < 4.78 is 1.86. The lowest BCUT2D eigenvalue weighted by atomic mass is 9.94. The number of aromatic nitrogens is 2. The number of rotatable bonds is 3. The second kappa shape index (κ2) is 5.27. The summed E-state index contributed by atoms with van der Waals surface area (Å²) >= 11 is 3.67. The van der Waals surface area contributed by atoms with Crippen molar-refractivity contribution < 1.29 is 0 Å². The van der Waals surface area contributed by atoms with Gasteiger partial charge in [0.1, 0.15) is 0 Å². The van der Waals surface area contributed by atoms with Gasteiger partial charge in [-0.1, -0.05) is 22.9 Å². The highest BCUT2D eigenvalue weighted by molar-refractivity contribution is 9.09. The van der Waals surface area contributed by atoms with Gasteiger partial charge in [0, 0.05) is 36.4 Å². The van der Waals surface area contributed by atoms with Crippen molar-refractivity contribution in [1.82, 2.24) is 9.55 Å². The average molecular weight is 326 g/mol. The first-order chi connectivity index (χ1) is 9.16. The quantitative estimate of drug-likeness (QED) is 0.802. The van der Waals surface area contributed by atoms with E-state index in [9.17, 15) is 4.79 Å². The zero-order valence-electron chi connectivity index (χ0n) is 11.3. The lowest BCUT2D eigenvalue weighted by Crippen LogP contribution is -2.40. The molecule has 2 fully saturated rings. The number of piperidine rings is 1. The minimum absolute atomic E-state index is 0.0929. The molecule has 1 aromatic rings. The summed E-state index contributed by atoms with van der Waals surface area (Å²) in [7, 11) is 0. The van der Waals surface area contributed by atoms with E-state index >= 15 is 0 Å². The molecule has 1 aromatic heterocycles. The molecule has 1 aliphatic carbocycles. The maximum absolute atomic E-state index is 12.4. The van der Waals surface area contributed by atoms with Crippen molar-refractivity contribution >= 4 is 21.7 Å². The molecule has 19 heavy (non-hydrogen) atoms. The summed E-state index contributed by atoms with van der Waals surface area (Å²) in [5, 5.41) is 0. The Hall–Kier alpha value is -0.840. The van der Waals surface area contributed by atoms with Crippen LogP contribution in [0.2, 0.25) is 0 Å². The number of hydrogen-bond acceptors (Lipinski definition) is 3. The van der Waals surface area contributed by atoms with Crippen molar-refractivity contribution in [2.24, 2.45) is 5.92 Å². The largest absolute Gasteiger partial charge is 0.352 e. The second-order valence-corrected chi connectivity index (χ2v) is 7.14. The van der Waals surface area contributed by atoms with Gasteiger partial charge in [-0.25, -0.2) is 4.98 Å². The lowest BCUT2D eigenvalue weighted by molar-refractivity contribution is 0.404. The molecule has 1 saturated heterocycles. The minimum Gasteiger partial charge on any atom is -0.352 e. The average Bonchev–Trinajstić information content (AvgIpc) is 3.23. The summed E-state index contributed by atoms with van der Waals surface area (Å²) in [5.74, 6) is 1.36. The van der Waals surface area contributed by atoms with Gasteiger partial charge in [0.15, 0.2) is 5.82 Å². The van der Waals surface area contributed by atoms with Crippen molar-refractivity contribution in [3.8, 4) is 0 Å². The fraction of sp³-hybridized carbons (Fsp3) is 0.714. The molecular weight excluding hydrogens is 306 g/mol. The number of hydrogen-bond donors (Lipinski definition) is 0. The highest BCUT2D eigenvalue weighted by Gasteiger charge is 2.28. The van der Waals surface area contributed by atoms with Crippen LogP contribution in [-0.2, 0) is 0 Å². The number of alkyl halides is 1. The molecule has 2 aliphatic rings. The van der Waals surface area contributed by atoms with Gasteiger partial charge in [-0.2, -0.15) is 0 Å². The van der Waals surface area contributed by atoms with E-state index in [1.54, 1.807) is 6.20 Å². The molecule has 0 spiro atoms. The summed E-state index contributed by atoms with van der Waals surface area (Å²) in [4.78, 5) is 19.5. The Bertz CT molecular complexity index is 502. The van der Waals surface area contributed by atoms with Crippen LogP contribution in [0.3, 0.4) is 0 Å². The first-order valence-electron chi connectivity index (χ1n) is 7.13. The first kappa shape index (κ1) is 13.2. The van der Waals surface area contributed by atoms with Crippen LogP contribution in [0.4, 0.5) is 5.82 Å². The minimum atomic E-state index is 0.0929. The summed E-state index contributed by atoms with van der Waals surface area (Å²) in [6.45, 7) is 4.09. The Morgan fingerprint density at radius 2 is 2.00 bits per heavy atom. The Kier molecular flexibility index (Phi) is 3.65. The highest BCUT2D eigenvalue weighted by atomic mass is 79.9. The zero-order valence-corrected chi connectivity index (χ0v) is 12.8. The molecule has 104 valence electrons. The van der Waals surface area contributed by atoms with Gasteiger partial charge in [0.2, 0.25) is 0 Å². The number of anilines is 1. The van der Waals surface area contributed by atoms with E-state index < -0.39 is 0 Å². The highest BCUT2D eigenvalue weighted by Crippen LogP contribution is 2.33. The molecule has 0 radical (unpaired) electrons. The monoisotopic (exact) mass is 325 g/mol. The Morgan fingerprint density at radius 3 is 2.58 bits per heavy atom. The summed E-state index contributed by atoms with van der Waals surface area (Å²) in [6, 6.07) is 0.425. The van der Waals surface area contributed by atoms with Crippen LogP contribution in [0.15, 0.2) is 17.2 Å². The van der Waals surface area contributed by atoms with E-state index in [-0.39, 0.29) is 5.56 Å². The third-order valence-corrected chi connectivity index (χ3v) is 5.03.